The Balaban J connectivity index is 2.18. The van der Waals surface area contributed by atoms with Crippen molar-refractivity contribution in [3.63, 3.8) is 0 Å². The molecule has 0 atom stereocenters. The molecular weight excluding hydrogens is 242 g/mol. The molecule has 2 nitrogen and oxygen atoms in total. The summed E-state index contributed by atoms with van der Waals surface area (Å²) in [6.45, 7) is 7.21. The predicted octanol–water partition coefficient (Wildman–Crippen LogP) is 3.58. The molecule has 3 heteroatoms. The van der Waals surface area contributed by atoms with E-state index < -0.39 is 0 Å². The third-order valence-corrected chi connectivity index (χ3v) is 5.05. The van der Waals surface area contributed by atoms with Crippen LogP contribution in [0.1, 0.15) is 26.7 Å². The minimum absolute atomic E-state index is 0.382. The molecule has 102 valence electrons. The summed E-state index contributed by atoms with van der Waals surface area (Å²) >= 11 is 1.97. The first-order valence-corrected chi connectivity index (χ1v) is 7.92. The van der Waals surface area contributed by atoms with Gasteiger partial charge in [0, 0.05) is 17.8 Å². The highest BCUT2D eigenvalue weighted by atomic mass is 32.2. The summed E-state index contributed by atoms with van der Waals surface area (Å²) in [5, 5.41) is 3.50. The molecule has 0 aliphatic rings. The molecule has 0 bridgehead atoms. The molecule has 0 heterocycles. The van der Waals surface area contributed by atoms with Gasteiger partial charge in [-0.05, 0) is 31.2 Å². The van der Waals surface area contributed by atoms with E-state index in [1.54, 1.807) is 0 Å². The van der Waals surface area contributed by atoms with Crippen LogP contribution in [0, 0.1) is 0 Å². The fraction of sp³-hybridized carbons (Fsp3) is 0.600. The third kappa shape index (κ3) is 4.91. The summed E-state index contributed by atoms with van der Waals surface area (Å²) in [4.78, 5) is 0. The molecule has 0 saturated carbocycles. The molecule has 0 fully saturated rings. The number of hydrogen-bond donors (Lipinski definition) is 1. The highest BCUT2D eigenvalue weighted by molar-refractivity contribution is 8.00. The van der Waals surface area contributed by atoms with E-state index in [9.17, 15) is 0 Å². The average molecular weight is 267 g/mol. The molecule has 0 aliphatic heterocycles. The molecule has 0 aromatic heterocycles. The number of hydrogen-bond acceptors (Lipinski definition) is 3. The van der Waals surface area contributed by atoms with Crippen LogP contribution >= 0.6 is 11.8 Å². The van der Waals surface area contributed by atoms with Crippen molar-refractivity contribution >= 4 is 11.8 Å². The quantitative estimate of drug-likeness (QED) is 0.691. The van der Waals surface area contributed by atoms with Gasteiger partial charge in [-0.15, -0.1) is 0 Å². The van der Waals surface area contributed by atoms with Gasteiger partial charge in [0.2, 0.25) is 0 Å². The zero-order chi connectivity index (χ0) is 13.3. The second kappa shape index (κ2) is 8.44. The number of para-hydroxylation sites is 1. The van der Waals surface area contributed by atoms with Gasteiger partial charge in [0.15, 0.2) is 0 Å². The molecule has 1 aromatic rings. The molecule has 1 rings (SSSR count). The van der Waals surface area contributed by atoms with E-state index in [0.29, 0.717) is 4.75 Å². The van der Waals surface area contributed by atoms with Crippen LogP contribution in [0.4, 0.5) is 0 Å². The van der Waals surface area contributed by atoms with E-state index in [-0.39, 0.29) is 0 Å². The Kier molecular flexibility index (Phi) is 7.21. The number of rotatable bonds is 9. The second-order valence-electron chi connectivity index (χ2n) is 4.43. The minimum Gasteiger partial charge on any atom is -0.492 e. The van der Waals surface area contributed by atoms with Gasteiger partial charge in [-0.1, -0.05) is 32.0 Å². The standard InChI is InChI=1S/C15H25NOS/c1-4-15(5-2,18-3)13-16-11-12-17-14-9-7-6-8-10-14/h6-10,16H,4-5,11-13H2,1-3H3. The fourth-order valence-electron chi connectivity index (χ4n) is 1.93. The Morgan fingerprint density at radius 3 is 2.39 bits per heavy atom. The Morgan fingerprint density at radius 2 is 1.83 bits per heavy atom. The Bertz CT molecular complexity index is 303. The molecule has 0 radical (unpaired) electrons. The van der Waals surface area contributed by atoms with Crippen LogP contribution in [-0.2, 0) is 0 Å². The van der Waals surface area contributed by atoms with Gasteiger partial charge in [-0.3, -0.25) is 0 Å². The van der Waals surface area contributed by atoms with Crippen LogP contribution in [0.2, 0.25) is 0 Å². The molecule has 0 amide bonds. The van der Waals surface area contributed by atoms with Crippen molar-refractivity contribution in [3.8, 4) is 5.75 Å². The summed E-state index contributed by atoms with van der Waals surface area (Å²) in [6, 6.07) is 9.97. The molecule has 0 spiro atoms. The number of benzene rings is 1. The maximum atomic E-state index is 5.65. The number of ether oxygens (including phenoxy) is 1. The van der Waals surface area contributed by atoms with Crippen molar-refractivity contribution in [1.29, 1.82) is 0 Å². The lowest BCUT2D eigenvalue weighted by Gasteiger charge is -2.29. The normalized spacial score (nSPS) is 11.5. The first-order chi connectivity index (χ1) is 8.76. The first-order valence-electron chi connectivity index (χ1n) is 6.70. The van der Waals surface area contributed by atoms with Crippen LogP contribution in [0.15, 0.2) is 30.3 Å². The Hall–Kier alpha value is -0.670. The van der Waals surface area contributed by atoms with Crippen molar-refractivity contribution in [2.75, 3.05) is 26.0 Å². The predicted molar refractivity (Wildman–Crippen MR) is 81.6 cm³/mol. The van der Waals surface area contributed by atoms with Gasteiger partial charge in [0.1, 0.15) is 12.4 Å². The molecular formula is C15H25NOS. The smallest absolute Gasteiger partial charge is 0.119 e. The molecule has 0 saturated heterocycles. The lowest BCUT2D eigenvalue weighted by molar-refractivity contribution is 0.310. The summed E-state index contributed by atoms with van der Waals surface area (Å²) in [5.74, 6) is 0.946. The largest absolute Gasteiger partial charge is 0.492 e. The lowest BCUT2D eigenvalue weighted by atomic mass is 10.0. The third-order valence-electron chi connectivity index (χ3n) is 3.46. The van der Waals surface area contributed by atoms with E-state index in [4.69, 9.17) is 4.74 Å². The SMILES string of the molecule is CCC(CC)(CNCCOc1ccccc1)SC. The Morgan fingerprint density at radius 1 is 1.17 bits per heavy atom. The molecule has 0 unspecified atom stereocenters. The van der Waals surface area contributed by atoms with Gasteiger partial charge < -0.3 is 10.1 Å². The summed E-state index contributed by atoms with van der Waals surface area (Å²) < 4.78 is 6.03. The molecule has 18 heavy (non-hydrogen) atoms. The van der Waals surface area contributed by atoms with Gasteiger partial charge in [-0.2, -0.15) is 11.8 Å². The van der Waals surface area contributed by atoms with Crippen LogP contribution < -0.4 is 10.1 Å². The van der Waals surface area contributed by atoms with Gasteiger partial charge in [0.25, 0.3) is 0 Å². The lowest BCUT2D eigenvalue weighted by Crippen LogP contribution is -2.38. The van der Waals surface area contributed by atoms with Crippen LogP contribution in [0.5, 0.6) is 5.75 Å². The van der Waals surface area contributed by atoms with Crippen LogP contribution in [0.3, 0.4) is 0 Å². The second-order valence-corrected chi connectivity index (χ2v) is 5.71. The Labute approximate surface area is 116 Å². The van der Waals surface area contributed by atoms with E-state index in [2.05, 4.69) is 25.4 Å². The maximum absolute atomic E-state index is 5.65. The maximum Gasteiger partial charge on any atom is 0.119 e. The number of nitrogens with one attached hydrogen (secondary N) is 1. The van der Waals surface area contributed by atoms with Gasteiger partial charge >= 0.3 is 0 Å². The fourth-order valence-corrected chi connectivity index (χ4v) is 2.76. The first kappa shape index (κ1) is 15.4. The highest BCUT2D eigenvalue weighted by Crippen LogP contribution is 2.29. The van der Waals surface area contributed by atoms with E-state index in [0.717, 1.165) is 25.4 Å². The van der Waals surface area contributed by atoms with Crippen molar-refractivity contribution in [3.05, 3.63) is 30.3 Å². The summed E-state index contributed by atoms with van der Waals surface area (Å²) in [6.07, 6.45) is 4.61. The van der Waals surface area contributed by atoms with Crippen molar-refractivity contribution < 1.29 is 4.74 Å². The summed E-state index contributed by atoms with van der Waals surface area (Å²) in [5.41, 5.74) is 0. The molecule has 1 N–H and O–H groups in total. The number of thioether (sulfide) groups is 1. The minimum atomic E-state index is 0.382. The topological polar surface area (TPSA) is 21.3 Å². The van der Waals surface area contributed by atoms with Crippen molar-refractivity contribution in [2.24, 2.45) is 0 Å². The van der Waals surface area contributed by atoms with Gasteiger partial charge in [-0.25, -0.2) is 0 Å². The van der Waals surface area contributed by atoms with E-state index in [1.807, 2.05) is 42.1 Å². The van der Waals surface area contributed by atoms with Crippen LogP contribution in [-0.4, -0.2) is 30.7 Å². The van der Waals surface area contributed by atoms with Crippen molar-refractivity contribution in [1.82, 2.24) is 5.32 Å². The molecule has 0 aliphatic carbocycles. The van der Waals surface area contributed by atoms with Crippen LogP contribution in [0.25, 0.3) is 0 Å². The van der Waals surface area contributed by atoms with E-state index in [1.165, 1.54) is 12.8 Å². The van der Waals surface area contributed by atoms with Gasteiger partial charge in [0.05, 0.1) is 0 Å². The average Bonchev–Trinajstić information content (AvgIpc) is 2.45. The summed E-state index contributed by atoms with van der Waals surface area (Å²) in [7, 11) is 0. The van der Waals surface area contributed by atoms with E-state index >= 15 is 0 Å². The molecule has 1 aromatic carbocycles. The van der Waals surface area contributed by atoms with Crippen molar-refractivity contribution in [2.45, 2.75) is 31.4 Å². The zero-order valence-corrected chi connectivity index (χ0v) is 12.6. The highest BCUT2D eigenvalue weighted by Gasteiger charge is 2.23. The monoisotopic (exact) mass is 267 g/mol. The zero-order valence-electron chi connectivity index (χ0n) is 11.7.